The van der Waals surface area contributed by atoms with Gasteiger partial charge in [-0.05, 0) is 50.6 Å². The van der Waals surface area contributed by atoms with Crippen LogP contribution in [0.3, 0.4) is 0 Å². The summed E-state index contributed by atoms with van der Waals surface area (Å²) in [5.74, 6) is -1.69. The molecule has 0 aromatic heterocycles. The second-order valence-electron chi connectivity index (χ2n) is 7.65. The highest BCUT2D eigenvalue weighted by Gasteiger charge is 2.44. The summed E-state index contributed by atoms with van der Waals surface area (Å²) in [5.41, 5.74) is 1.05. The number of nitrogens with zero attached hydrogens (tertiary/aromatic N) is 2. The zero-order chi connectivity index (χ0) is 19.7. The summed E-state index contributed by atoms with van der Waals surface area (Å²) < 4.78 is 0. The first-order valence-corrected chi connectivity index (χ1v) is 9.44. The topological polar surface area (TPSA) is 66.9 Å². The minimum atomic E-state index is -0.720. The van der Waals surface area contributed by atoms with Crippen LogP contribution in [0.15, 0.2) is 54.6 Å². The predicted octanol–water partition coefficient (Wildman–Crippen LogP) is 3.04. The molecule has 0 N–H and O–H groups in total. The number of fused-ring (bicyclic) bond motifs is 1. The van der Waals surface area contributed by atoms with Gasteiger partial charge < -0.3 is 4.84 Å². The average Bonchev–Trinajstić information content (AvgIpc) is 2.96. The number of carbonyl (C=O) groups excluding carboxylic acids is 3. The van der Waals surface area contributed by atoms with Crippen molar-refractivity contribution in [1.29, 1.82) is 0 Å². The monoisotopic (exact) mass is 378 g/mol. The Hall–Kier alpha value is -2.99. The molecule has 28 heavy (non-hydrogen) atoms. The van der Waals surface area contributed by atoms with Gasteiger partial charge in [0.15, 0.2) is 0 Å². The number of amides is 2. The van der Waals surface area contributed by atoms with Crippen LogP contribution in [-0.4, -0.2) is 40.8 Å². The highest BCUT2D eigenvalue weighted by Crippen LogP contribution is 2.34. The molecule has 2 aromatic carbocycles. The van der Waals surface area contributed by atoms with E-state index in [2.05, 4.69) is 17.0 Å². The molecule has 0 atom stereocenters. The van der Waals surface area contributed by atoms with Crippen LogP contribution in [0.25, 0.3) is 0 Å². The van der Waals surface area contributed by atoms with Gasteiger partial charge in [-0.2, -0.15) is 0 Å². The fourth-order valence-corrected chi connectivity index (χ4v) is 3.69. The molecule has 6 heteroatoms. The van der Waals surface area contributed by atoms with Gasteiger partial charge in [0.2, 0.25) is 0 Å². The molecule has 144 valence electrons. The summed E-state index contributed by atoms with van der Waals surface area (Å²) in [6.07, 6.45) is 1.23. The van der Waals surface area contributed by atoms with E-state index in [0.717, 1.165) is 19.6 Å². The fraction of sp³-hybridized carbons (Fsp3) is 0.318. The normalized spacial score (nSPS) is 18.8. The van der Waals surface area contributed by atoms with E-state index in [9.17, 15) is 14.4 Å². The van der Waals surface area contributed by atoms with Gasteiger partial charge in [0.25, 0.3) is 11.8 Å². The molecule has 2 amide bonds. The fourth-order valence-electron chi connectivity index (χ4n) is 3.69. The van der Waals surface area contributed by atoms with Gasteiger partial charge >= 0.3 is 5.97 Å². The van der Waals surface area contributed by atoms with Crippen LogP contribution < -0.4 is 0 Å². The van der Waals surface area contributed by atoms with Crippen molar-refractivity contribution in [2.45, 2.75) is 26.3 Å². The van der Waals surface area contributed by atoms with Crippen LogP contribution in [0.2, 0.25) is 0 Å². The Morgan fingerprint density at radius 3 is 2.04 bits per heavy atom. The van der Waals surface area contributed by atoms with Gasteiger partial charge in [-0.1, -0.05) is 47.5 Å². The maximum absolute atomic E-state index is 12.8. The standard InChI is InChI=1S/C22H22N2O4/c1-22(11-13-23(14-12-22)15-16-7-3-2-4-8-16)21(27)28-24-19(25)17-9-5-6-10-18(17)20(24)26/h2-10H,11-15H2,1H3. The van der Waals surface area contributed by atoms with E-state index in [4.69, 9.17) is 4.84 Å². The van der Waals surface area contributed by atoms with E-state index >= 15 is 0 Å². The van der Waals surface area contributed by atoms with Crippen molar-refractivity contribution >= 4 is 17.8 Å². The first kappa shape index (κ1) is 18.4. The van der Waals surface area contributed by atoms with E-state index in [-0.39, 0.29) is 11.1 Å². The van der Waals surface area contributed by atoms with E-state index < -0.39 is 23.2 Å². The predicted molar refractivity (Wildman–Crippen MR) is 102 cm³/mol. The minimum Gasteiger partial charge on any atom is -0.329 e. The van der Waals surface area contributed by atoms with Crippen LogP contribution in [-0.2, 0) is 16.2 Å². The highest BCUT2D eigenvalue weighted by molar-refractivity contribution is 6.20. The summed E-state index contributed by atoms with van der Waals surface area (Å²) >= 11 is 0. The van der Waals surface area contributed by atoms with E-state index in [1.54, 1.807) is 24.3 Å². The third-order valence-electron chi connectivity index (χ3n) is 5.63. The number of hydrogen-bond donors (Lipinski definition) is 0. The second-order valence-corrected chi connectivity index (χ2v) is 7.65. The molecule has 0 bridgehead atoms. The van der Waals surface area contributed by atoms with E-state index in [1.165, 1.54) is 5.56 Å². The van der Waals surface area contributed by atoms with Crippen LogP contribution in [0.1, 0.15) is 46.0 Å². The zero-order valence-electron chi connectivity index (χ0n) is 15.8. The average molecular weight is 378 g/mol. The molecule has 1 fully saturated rings. The molecular weight excluding hydrogens is 356 g/mol. The number of carbonyl (C=O) groups is 3. The maximum atomic E-state index is 12.8. The molecule has 0 saturated carbocycles. The second kappa shape index (κ2) is 7.20. The molecule has 2 aliphatic heterocycles. The Morgan fingerprint density at radius 1 is 0.929 bits per heavy atom. The number of benzene rings is 2. The minimum absolute atomic E-state index is 0.267. The van der Waals surface area contributed by atoms with Crippen molar-refractivity contribution in [2.24, 2.45) is 5.41 Å². The van der Waals surface area contributed by atoms with Crippen LogP contribution in [0.4, 0.5) is 0 Å². The molecule has 0 radical (unpaired) electrons. The highest BCUT2D eigenvalue weighted by atomic mass is 16.7. The molecule has 6 nitrogen and oxygen atoms in total. The molecule has 2 aromatic rings. The number of rotatable bonds is 4. The van der Waals surface area contributed by atoms with Gasteiger partial charge in [0.05, 0.1) is 16.5 Å². The molecule has 0 aliphatic carbocycles. The van der Waals surface area contributed by atoms with Gasteiger partial charge in [0, 0.05) is 6.54 Å². The van der Waals surface area contributed by atoms with Crippen molar-refractivity contribution < 1.29 is 19.2 Å². The quantitative estimate of drug-likeness (QED) is 0.765. The Labute approximate surface area is 163 Å². The molecule has 2 heterocycles. The summed E-state index contributed by atoms with van der Waals surface area (Å²) in [5, 5.41) is 0.606. The zero-order valence-corrected chi connectivity index (χ0v) is 15.8. The molecule has 0 unspecified atom stereocenters. The number of likely N-dealkylation sites (tertiary alicyclic amines) is 1. The molecule has 1 saturated heterocycles. The Balaban J connectivity index is 1.38. The number of hydrogen-bond acceptors (Lipinski definition) is 5. The smallest absolute Gasteiger partial charge is 0.329 e. The first-order valence-electron chi connectivity index (χ1n) is 9.44. The summed E-state index contributed by atoms with van der Waals surface area (Å²) in [4.78, 5) is 45.2. The lowest BCUT2D eigenvalue weighted by molar-refractivity contribution is -0.183. The lowest BCUT2D eigenvalue weighted by Crippen LogP contribution is -2.45. The van der Waals surface area contributed by atoms with Gasteiger partial charge in [-0.3, -0.25) is 14.5 Å². The third-order valence-corrected chi connectivity index (χ3v) is 5.63. The van der Waals surface area contributed by atoms with Crippen LogP contribution in [0.5, 0.6) is 0 Å². The molecule has 4 rings (SSSR count). The van der Waals surface area contributed by atoms with Gasteiger partial charge in [-0.15, -0.1) is 0 Å². The number of hydroxylamine groups is 2. The Bertz CT molecular complexity index is 882. The van der Waals surface area contributed by atoms with E-state index in [0.29, 0.717) is 17.9 Å². The van der Waals surface area contributed by atoms with E-state index in [1.807, 2.05) is 25.1 Å². The lowest BCUT2D eigenvalue weighted by Gasteiger charge is -2.37. The van der Waals surface area contributed by atoms with Crippen molar-refractivity contribution in [3.05, 3.63) is 71.3 Å². The Morgan fingerprint density at radius 2 is 1.46 bits per heavy atom. The first-order chi connectivity index (χ1) is 13.5. The molecular formula is C22H22N2O4. The summed E-state index contributed by atoms with van der Waals surface area (Å²) in [7, 11) is 0. The number of piperidine rings is 1. The largest absolute Gasteiger partial charge is 0.339 e. The van der Waals surface area contributed by atoms with Gasteiger partial charge in [0.1, 0.15) is 0 Å². The Kier molecular flexibility index (Phi) is 4.73. The molecule has 2 aliphatic rings. The number of imide groups is 1. The van der Waals surface area contributed by atoms with Crippen LogP contribution >= 0.6 is 0 Å². The summed E-state index contributed by atoms with van der Waals surface area (Å²) in [6, 6.07) is 16.7. The molecule has 0 spiro atoms. The van der Waals surface area contributed by atoms with Crippen molar-refractivity contribution in [3.8, 4) is 0 Å². The third kappa shape index (κ3) is 3.31. The SMILES string of the molecule is CC1(C(=O)ON2C(=O)c3ccccc3C2=O)CCN(Cc2ccccc2)CC1. The maximum Gasteiger partial charge on any atom is 0.339 e. The van der Waals surface area contributed by atoms with Crippen molar-refractivity contribution in [3.63, 3.8) is 0 Å². The van der Waals surface area contributed by atoms with Crippen molar-refractivity contribution in [1.82, 2.24) is 9.96 Å². The lowest BCUT2D eigenvalue weighted by atomic mass is 9.80. The van der Waals surface area contributed by atoms with Crippen molar-refractivity contribution in [2.75, 3.05) is 13.1 Å². The van der Waals surface area contributed by atoms with Crippen LogP contribution in [0, 0.1) is 5.41 Å². The van der Waals surface area contributed by atoms with Gasteiger partial charge in [-0.25, -0.2) is 4.79 Å². The summed E-state index contributed by atoms with van der Waals surface area (Å²) in [6.45, 7) is 4.18.